The molecule has 2 saturated heterocycles. The molecule has 0 spiro atoms. The maximum Gasteiger partial charge on any atom is 0.410 e. The Morgan fingerprint density at radius 3 is 2.22 bits per heavy atom. The van der Waals surface area contributed by atoms with Crippen molar-refractivity contribution in [2.24, 2.45) is 0 Å². The van der Waals surface area contributed by atoms with E-state index in [0.29, 0.717) is 30.1 Å². The number of aliphatic carboxylic acids is 2. The largest absolute Gasteiger partial charge is 0.478 e. The zero-order valence-corrected chi connectivity index (χ0v) is 21.1. The average molecular weight is 531 g/mol. The number of carbonyl (C=O) groups excluding carboxylic acids is 1. The van der Waals surface area contributed by atoms with E-state index in [-0.39, 0.29) is 18.2 Å². The van der Waals surface area contributed by atoms with Crippen LogP contribution in [0.2, 0.25) is 5.02 Å². The van der Waals surface area contributed by atoms with E-state index in [0.717, 1.165) is 50.4 Å². The number of ether oxygens (including phenoxy) is 2. The number of carboxylic acids is 2. The summed E-state index contributed by atoms with van der Waals surface area (Å²) in [5, 5.41) is 16.3. The van der Waals surface area contributed by atoms with Gasteiger partial charge < -0.3 is 19.7 Å². The third-order valence-electron chi connectivity index (χ3n) is 6.03. The highest BCUT2D eigenvalue weighted by Crippen LogP contribution is 2.30. The molecule has 37 heavy (non-hydrogen) atoms. The molecule has 2 heterocycles. The maximum absolute atomic E-state index is 12.7. The van der Waals surface area contributed by atoms with Gasteiger partial charge in [0.15, 0.2) is 0 Å². The normalized spacial score (nSPS) is 18.7. The molecule has 1 amide bonds. The second kappa shape index (κ2) is 14.4. The number of nitrogens with zero attached hydrogens (tertiary/aromatic N) is 2. The van der Waals surface area contributed by atoms with Gasteiger partial charge in [0.2, 0.25) is 0 Å². The minimum absolute atomic E-state index is 0.0155. The monoisotopic (exact) mass is 530 g/mol. The molecule has 4 rings (SSSR count). The Morgan fingerprint density at radius 2 is 1.62 bits per heavy atom. The first kappa shape index (κ1) is 28.2. The third-order valence-corrected chi connectivity index (χ3v) is 6.28. The van der Waals surface area contributed by atoms with Crippen LogP contribution in [0.1, 0.15) is 23.6 Å². The summed E-state index contributed by atoms with van der Waals surface area (Å²) in [4.78, 5) is 36.2. The highest BCUT2D eigenvalue weighted by atomic mass is 35.5. The number of rotatable bonds is 9. The molecule has 0 aromatic heterocycles. The molecule has 0 aliphatic carbocycles. The van der Waals surface area contributed by atoms with Gasteiger partial charge >= 0.3 is 18.0 Å². The van der Waals surface area contributed by atoms with Gasteiger partial charge in [-0.2, -0.15) is 0 Å². The Morgan fingerprint density at radius 1 is 1.00 bits per heavy atom. The van der Waals surface area contributed by atoms with Gasteiger partial charge in [0, 0.05) is 43.2 Å². The van der Waals surface area contributed by atoms with Crippen molar-refractivity contribution in [1.29, 1.82) is 0 Å². The fourth-order valence-corrected chi connectivity index (χ4v) is 4.36. The Balaban J connectivity index is 0.000000414. The number of carboxylic acid groups (broad SMARTS) is 2. The van der Waals surface area contributed by atoms with E-state index in [1.54, 1.807) is 0 Å². The number of halogens is 1. The first-order chi connectivity index (χ1) is 17.8. The van der Waals surface area contributed by atoms with Crippen molar-refractivity contribution >= 4 is 29.6 Å². The summed E-state index contributed by atoms with van der Waals surface area (Å²) in [6, 6.07) is 18.0. The lowest BCUT2D eigenvalue weighted by atomic mass is 10.0. The molecule has 10 heteroatoms. The number of cyclic esters (lactones) is 1. The van der Waals surface area contributed by atoms with E-state index in [9.17, 15) is 14.4 Å². The molecule has 2 aromatic carbocycles. The molecule has 2 unspecified atom stereocenters. The first-order valence-corrected chi connectivity index (χ1v) is 12.4. The molecule has 0 radical (unpaired) electrons. The van der Waals surface area contributed by atoms with Gasteiger partial charge in [-0.05, 0) is 29.7 Å². The molecule has 2 atom stereocenters. The number of benzene rings is 2. The molecular weight excluding hydrogens is 500 g/mol. The van der Waals surface area contributed by atoms with Gasteiger partial charge in [-0.25, -0.2) is 14.4 Å². The number of hydrogen-bond donors (Lipinski definition) is 2. The predicted octanol–water partition coefficient (Wildman–Crippen LogP) is 3.88. The standard InChI is InChI=1S/C23H27ClN2O3.C4H4O4/c24-20-8-6-18(7-9-20)16-21-17-26(23(27)29-21)22(19-4-2-1-3-5-19)10-11-25-12-14-28-15-13-25;5-3(6)1-2-4(7)8/h1-9,21-22H,10-17H2;1-2H,(H,5,6)(H,7,8). The second-order valence-electron chi connectivity index (χ2n) is 8.67. The summed E-state index contributed by atoms with van der Waals surface area (Å²) < 4.78 is 11.2. The summed E-state index contributed by atoms with van der Waals surface area (Å²) in [6.07, 6.45) is 2.33. The van der Waals surface area contributed by atoms with Gasteiger partial charge in [0.1, 0.15) is 6.10 Å². The van der Waals surface area contributed by atoms with Crippen molar-refractivity contribution in [3.05, 3.63) is 82.9 Å². The highest BCUT2D eigenvalue weighted by molar-refractivity contribution is 6.30. The fraction of sp³-hybridized carbons (Fsp3) is 0.370. The van der Waals surface area contributed by atoms with Crippen molar-refractivity contribution < 1.29 is 34.1 Å². The van der Waals surface area contributed by atoms with Crippen molar-refractivity contribution in [2.45, 2.75) is 25.0 Å². The number of hydrogen-bond acceptors (Lipinski definition) is 6. The van der Waals surface area contributed by atoms with Gasteiger partial charge in [-0.3, -0.25) is 9.80 Å². The smallest absolute Gasteiger partial charge is 0.410 e. The summed E-state index contributed by atoms with van der Waals surface area (Å²) in [6.45, 7) is 5.00. The lowest BCUT2D eigenvalue weighted by Crippen LogP contribution is -2.39. The molecule has 9 nitrogen and oxygen atoms in total. The molecule has 2 aliphatic rings. The molecular formula is C27H31ClN2O7. The topological polar surface area (TPSA) is 117 Å². The lowest BCUT2D eigenvalue weighted by molar-refractivity contribution is -0.134. The van der Waals surface area contributed by atoms with E-state index in [4.69, 9.17) is 31.3 Å². The molecule has 0 bridgehead atoms. The van der Waals surface area contributed by atoms with E-state index < -0.39 is 11.9 Å². The second-order valence-corrected chi connectivity index (χ2v) is 9.10. The first-order valence-electron chi connectivity index (χ1n) is 12.0. The number of morpholine rings is 1. The van der Waals surface area contributed by atoms with Crippen LogP contribution in [0.5, 0.6) is 0 Å². The number of carbonyl (C=O) groups is 3. The Hall–Kier alpha value is -3.40. The van der Waals surface area contributed by atoms with E-state index in [2.05, 4.69) is 17.0 Å². The summed E-state index contributed by atoms with van der Waals surface area (Å²) >= 11 is 5.98. The molecule has 2 aromatic rings. The minimum Gasteiger partial charge on any atom is -0.478 e. The van der Waals surface area contributed by atoms with Crippen LogP contribution in [0.25, 0.3) is 0 Å². The molecule has 0 saturated carbocycles. The Bertz CT molecular complexity index is 1040. The Kier molecular flexibility index (Phi) is 10.9. The van der Waals surface area contributed by atoms with Crippen LogP contribution in [0.3, 0.4) is 0 Å². The van der Waals surface area contributed by atoms with Crippen LogP contribution >= 0.6 is 11.6 Å². The predicted molar refractivity (Wildman–Crippen MR) is 138 cm³/mol. The summed E-state index contributed by atoms with van der Waals surface area (Å²) in [5.41, 5.74) is 2.28. The lowest BCUT2D eigenvalue weighted by Gasteiger charge is -2.31. The summed E-state index contributed by atoms with van der Waals surface area (Å²) in [7, 11) is 0. The van der Waals surface area contributed by atoms with E-state index in [1.807, 2.05) is 47.4 Å². The molecule has 2 N–H and O–H groups in total. The van der Waals surface area contributed by atoms with Crippen LogP contribution in [0.4, 0.5) is 4.79 Å². The van der Waals surface area contributed by atoms with Crippen molar-refractivity contribution in [2.75, 3.05) is 39.4 Å². The van der Waals surface area contributed by atoms with Crippen LogP contribution in [0, 0.1) is 0 Å². The number of amides is 1. The van der Waals surface area contributed by atoms with Gasteiger partial charge in [0.05, 0.1) is 25.8 Å². The molecule has 198 valence electrons. The SMILES string of the molecule is O=C(O)C=CC(=O)O.O=C1OC(Cc2ccc(Cl)cc2)CN1C(CCN1CCOCC1)c1ccccc1. The van der Waals surface area contributed by atoms with Gasteiger partial charge in [-0.1, -0.05) is 54.1 Å². The average Bonchev–Trinajstić information content (AvgIpc) is 3.25. The van der Waals surface area contributed by atoms with Crippen LogP contribution in [-0.4, -0.2) is 83.5 Å². The zero-order valence-electron chi connectivity index (χ0n) is 20.4. The van der Waals surface area contributed by atoms with Crippen LogP contribution in [0.15, 0.2) is 66.7 Å². The third kappa shape index (κ3) is 9.53. The minimum atomic E-state index is -1.26. The van der Waals surface area contributed by atoms with E-state index in [1.165, 1.54) is 0 Å². The zero-order chi connectivity index (χ0) is 26.6. The molecule has 2 fully saturated rings. The van der Waals surface area contributed by atoms with Crippen molar-refractivity contribution in [1.82, 2.24) is 9.80 Å². The fourth-order valence-electron chi connectivity index (χ4n) is 4.24. The van der Waals surface area contributed by atoms with Gasteiger partial charge in [-0.15, -0.1) is 0 Å². The highest BCUT2D eigenvalue weighted by Gasteiger charge is 2.36. The molecule has 2 aliphatic heterocycles. The quantitative estimate of drug-likeness (QED) is 0.469. The Labute approximate surface area is 220 Å². The van der Waals surface area contributed by atoms with Crippen LogP contribution < -0.4 is 0 Å². The van der Waals surface area contributed by atoms with E-state index >= 15 is 0 Å². The summed E-state index contributed by atoms with van der Waals surface area (Å²) in [5.74, 6) is -2.51. The van der Waals surface area contributed by atoms with Crippen LogP contribution in [-0.2, 0) is 25.5 Å². The maximum atomic E-state index is 12.7. The van der Waals surface area contributed by atoms with Crippen molar-refractivity contribution in [3.63, 3.8) is 0 Å². The van der Waals surface area contributed by atoms with Gasteiger partial charge in [0.25, 0.3) is 0 Å². The van der Waals surface area contributed by atoms with Crippen molar-refractivity contribution in [3.8, 4) is 0 Å².